The number of hydrogen-bond acceptors (Lipinski definition) is 0. The second-order valence-electron chi connectivity index (χ2n) is 14.1. The Balaban J connectivity index is 1.92. The van der Waals surface area contributed by atoms with Gasteiger partial charge in [0.25, 0.3) is 0 Å². The van der Waals surface area contributed by atoms with Crippen molar-refractivity contribution in [2.75, 3.05) is 0 Å². The molecule has 0 saturated carbocycles. The third-order valence-electron chi connectivity index (χ3n) is 9.07. The van der Waals surface area contributed by atoms with Gasteiger partial charge in [0.2, 0.25) is 0 Å². The predicted molar refractivity (Wildman–Crippen MR) is 203 cm³/mol. The summed E-state index contributed by atoms with van der Waals surface area (Å²) >= 11 is -3.86. The topological polar surface area (TPSA) is 0 Å². The molecule has 0 aromatic heterocycles. The Labute approximate surface area is 271 Å². The maximum absolute atomic E-state index is 3.86. The van der Waals surface area contributed by atoms with Crippen molar-refractivity contribution in [2.24, 2.45) is 0 Å². The summed E-state index contributed by atoms with van der Waals surface area (Å²) in [5.41, 5.74) is 7.35. The van der Waals surface area contributed by atoms with Crippen LogP contribution in [0.4, 0.5) is 0 Å². The standard InChI is InChI=1S/C28H33BSi2.2C6H5.Sn/c1-30(2,3)22-27(24-16-10-7-11-17-24)28(23-31(4,5)6)29(25-18-12-8-13-19-25)26-20-14-9-15-21-26;2*1-2-4-6-5-3-1;/h7-21H,1-6H3;2*1-5H;. The first-order valence-electron chi connectivity index (χ1n) is 15.9. The molecule has 0 amide bonds. The fourth-order valence-electron chi connectivity index (χ4n) is 7.81. The van der Waals surface area contributed by atoms with E-state index in [1.54, 1.807) is 18.2 Å². The van der Waals surface area contributed by atoms with Crippen molar-refractivity contribution in [1.82, 2.24) is 0 Å². The van der Waals surface area contributed by atoms with Gasteiger partial charge in [0.05, 0.1) is 0 Å². The van der Waals surface area contributed by atoms with E-state index in [4.69, 9.17) is 0 Å². The molecule has 1 aliphatic heterocycles. The molecule has 5 aromatic rings. The maximum atomic E-state index is 2.63. The molecule has 0 spiro atoms. The molecule has 4 heteroatoms. The van der Waals surface area contributed by atoms with Crippen molar-refractivity contribution in [3.05, 3.63) is 169 Å². The molecule has 1 aliphatic rings. The van der Waals surface area contributed by atoms with Crippen LogP contribution in [0.25, 0.3) is 5.57 Å². The van der Waals surface area contributed by atoms with Gasteiger partial charge in [0.1, 0.15) is 0 Å². The molecule has 0 bridgehead atoms. The van der Waals surface area contributed by atoms with Crippen LogP contribution in [0.5, 0.6) is 0 Å². The Hall–Kier alpha value is -3.12. The van der Waals surface area contributed by atoms with Gasteiger partial charge in [-0.1, -0.05) is 0 Å². The molecule has 1 heterocycles. The molecule has 218 valence electrons. The average molecular weight is 709 g/mol. The number of rotatable bonds is 8. The van der Waals surface area contributed by atoms with E-state index in [-0.39, 0.29) is 6.71 Å². The molecule has 0 saturated heterocycles. The molecule has 44 heavy (non-hydrogen) atoms. The predicted octanol–water partition coefficient (Wildman–Crippen LogP) is 7.70. The summed E-state index contributed by atoms with van der Waals surface area (Å²) in [5.74, 6) is 0. The molecular formula is C40H43BSi2Sn. The minimum absolute atomic E-state index is 0.159. The fraction of sp³-hybridized carbons (Fsp3) is 0.150. The molecule has 0 atom stereocenters. The Kier molecular flexibility index (Phi) is 8.66. The van der Waals surface area contributed by atoms with Gasteiger partial charge >= 0.3 is 273 Å². The summed E-state index contributed by atoms with van der Waals surface area (Å²) in [6.45, 7) is 15.9. The van der Waals surface area contributed by atoms with Crippen molar-refractivity contribution in [3.63, 3.8) is 0 Å². The van der Waals surface area contributed by atoms with E-state index in [1.165, 1.54) is 16.5 Å². The number of benzene rings is 5. The van der Waals surface area contributed by atoms with E-state index >= 15 is 0 Å². The summed E-state index contributed by atoms with van der Waals surface area (Å²) in [6.07, 6.45) is 0. The molecule has 6 rings (SSSR count). The first-order chi connectivity index (χ1) is 21.1. The van der Waals surface area contributed by atoms with E-state index in [9.17, 15) is 0 Å². The van der Waals surface area contributed by atoms with Gasteiger partial charge in [-0.2, -0.15) is 0 Å². The van der Waals surface area contributed by atoms with Gasteiger partial charge in [-0.05, 0) is 0 Å². The Morgan fingerprint density at radius 3 is 1.11 bits per heavy atom. The van der Waals surface area contributed by atoms with Crippen LogP contribution in [-0.2, 0) is 0 Å². The van der Waals surface area contributed by atoms with Crippen LogP contribution in [0, 0.1) is 0 Å². The third kappa shape index (κ3) is 5.48. The first-order valence-corrected chi connectivity index (χ1v) is 28.6. The van der Waals surface area contributed by atoms with Crippen molar-refractivity contribution >= 4 is 64.9 Å². The van der Waals surface area contributed by atoms with Crippen molar-refractivity contribution in [3.8, 4) is 0 Å². The van der Waals surface area contributed by atoms with Crippen LogP contribution < -0.4 is 18.1 Å². The Bertz CT molecular complexity index is 1710. The van der Waals surface area contributed by atoms with Crippen LogP contribution in [0.2, 0.25) is 39.3 Å². The van der Waals surface area contributed by atoms with Crippen molar-refractivity contribution in [1.29, 1.82) is 0 Å². The van der Waals surface area contributed by atoms with Gasteiger partial charge in [-0.15, -0.1) is 0 Å². The van der Waals surface area contributed by atoms with Gasteiger partial charge in [-0.3, -0.25) is 0 Å². The molecule has 0 unspecified atom stereocenters. The summed E-state index contributed by atoms with van der Waals surface area (Å²) in [6, 6.07) is 57.7. The zero-order valence-corrected chi connectivity index (χ0v) is 31.9. The van der Waals surface area contributed by atoms with Crippen LogP contribution in [0.3, 0.4) is 0 Å². The SMILES string of the molecule is C[Si](C)(C)[C]1=C(B(c2ccccc2)c2ccccc2)C(c2ccccc2)=[C]([Si](C)(C)C)[Sn]1([c]1ccccc1)[c]1ccccc1. The van der Waals surface area contributed by atoms with Crippen LogP contribution in [-0.4, -0.2) is 41.2 Å². The van der Waals surface area contributed by atoms with Crippen LogP contribution in [0.1, 0.15) is 5.56 Å². The van der Waals surface area contributed by atoms with Gasteiger partial charge in [0.15, 0.2) is 0 Å². The zero-order valence-electron chi connectivity index (χ0n) is 27.0. The number of hydrogen-bond donors (Lipinski definition) is 0. The quantitative estimate of drug-likeness (QED) is 0.145. The normalized spacial score (nSPS) is 15.0. The van der Waals surface area contributed by atoms with E-state index in [0.29, 0.717) is 0 Å². The fourth-order valence-corrected chi connectivity index (χ4v) is 50.5. The average Bonchev–Trinajstić information content (AvgIpc) is 3.37. The van der Waals surface area contributed by atoms with E-state index < -0.39 is 34.5 Å². The van der Waals surface area contributed by atoms with E-state index in [2.05, 4.69) is 191 Å². The molecule has 0 N–H and O–H groups in total. The molecular weight excluding hydrogens is 666 g/mol. The zero-order chi connectivity index (χ0) is 31.0. The Morgan fingerprint density at radius 1 is 0.409 bits per heavy atom. The first kappa shape index (κ1) is 30.9. The van der Waals surface area contributed by atoms with Crippen LogP contribution in [0.15, 0.2) is 164 Å². The van der Waals surface area contributed by atoms with Crippen molar-refractivity contribution < 1.29 is 0 Å². The van der Waals surface area contributed by atoms with E-state index in [0.717, 1.165) is 0 Å². The summed E-state index contributed by atoms with van der Waals surface area (Å²) < 4.78 is 6.91. The van der Waals surface area contributed by atoms with Crippen LogP contribution >= 0.6 is 0 Å². The molecule has 0 aliphatic carbocycles. The summed E-state index contributed by atoms with van der Waals surface area (Å²) in [4.78, 5) is 0. The van der Waals surface area contributed by atoms with Crippen molar-refractivity contribution in [2.45, 2.75) is 39.3 Å². The van der Waals surface area contributed by atoms with E-state index in [1.807, 2.05) is 6.42 Å². The van der Waals surface area contributed by atoms with Gasteiger partial charge < -0.3 is 0 Å². The van der Waals surface area contributed by atoms with Gasteiger partial charge in [0, 0.05) is 0 Å². The summed E-state index contributed by atoms with van der Waals surface area (Å²) in [7, 11) is -3.89. The minimum atomic E-state index is -3.86. The third-order valence-corrected chi connectivity index (χ3v) is 43.1. The molecule has 5 aromatic carbocycles. The second-order valence-corrected chi connectivity index (χ2v) is 37.4. The number of allylic oxidation sites excluding steroid dienone is 2. The molecule has 0 fully saturated rings. The monoisotopic (exact) mass is 710 g/mol. The second kappa shape index (κ2) is 12.3. The summed E-state index contributed by atoms with van der Waals surface area (Å²) in [5, 5.41) is 0. The molecule has 0 radical (unpaired) electrons. The van der Waals surface area contributed by atoms with Gasteiger partial charge in [-0.25, -0.2) is 0 Å². The Morgan fingerprint density at radius 2 is 0.750 bits per heavy atom. The molecule has 0 nitrogen and oxygen atoms in total.